The van der Waals surface area contributed by atoms with Gasteiger partial charge in [0.05, 0.1) is 11.6 Å². The molecule has 1 amide bonds. The first kappa shape index (κ1) is 24.7. The highest BCUT2D eigenvalue weighted by atomic mass is 35.5. The van der Waals surface area contributed by atoms with Gasteiger partial charge in [-0.15, -0.1) is 10.2 Å². The second-order valence-corrected chi connectivity index (χ2v) is 9.73. The molecule has 0 radical (unpaired) electrons. The van der Waals surface area contributed by atoms with E-state index in [1.165, 1.54) is 0 Å². The van der Waals surface area contributed by atoms with Gasteiger partial charge in [-0.2, -0.15) is 0 Å². The molecule has 0 unspecified atom stereocenters. The molecular formula is C29H24ClN5OS. The summed E-state index contributed by atoms with van der Waals surface area (Å²) in [6.07, 6.45) is 3.43. The zero-order valence-electron chi connectivity index (χ0n) is 19.9. The number of hydrogen-bond acceptors (Lipinski definition) is 5. The van der Waals surface area contributed by atoms with Crippen LogP contribution in [-0.2, 0) is 18.8 Å². The van der Waals surface area contributed by atoms with Crippen LogP contribution in [0.4, 0.5) is 0 Å². The van der Waals surface area contributed by atoms with Crippen molar-refractivity contribution in [2.75, 3.05) is 0 Å². The van der Waals surface area contributed by atoms with Crippen molar-refractivity contribution in [3.63, 3.8) is 0 Å². The molecule has 0 bridgehead atoms. The van der Waals surface area contributed by atoms with E-state index in [4.69, 9.17) is 11.6 Å². The van der Waals surface area contributed by atoms with Gasteiger partial charge in [0.25, 0.3) is 5.91 Å². The van der Waals surface area contributed by atoms with E-state index >= 15 is 0 Å². The fourth-order valence-corrected chi connectivity index (χ4v) is 4.94. The van der Waals surface area contributed by atoms with Gasteiger partial charge >= 0.3 is 0 Å². The van der Waals surface area contributed by atoms with E-state index in [1.54, 1.807) is 24.2 Å². The van der Waals surface area contributed by atoms with Crippen LogP contribution < -0.4 is 5.32 Å². The summed E-state index contributed by atoms with van der Waals surface area (Å²) in [6, 6.07) is 29.3. The molecule has 0 aliphatic rings. The lowest BCUT2D eigenvalue weighted by Gasteiger charge is -2.11. The van der Waals surface area contributed by atoms with Crippen molar-refractivity contribution < 1.29 is 4.79 Å². The number of carbonyl (C=O) groups is 1. The minimum atomic E-state index is -0.108. The lowest BCUT2D eigenvalue weighted by atomic mass is 10.1. The molecule has 0 saturated carbocycles. The summed E-state index contributed by atoms with van der Waals surface area (Å²) >= 11 is 8.09. The van der Waals surface area contributed by atoms with E-state index in [9.17, 15) is 4.79 Å². The Bertz CT molecular complexity index is 1470. The Hall–Kier alpha value is -3.94. The van der Waals surface area contributed by atoms with Crippen LogP contribution in [0.3, 0.4) is 0 Å². The van der Waals surface area contributed by atoms with Crippen molar-refractivity contribution >= 4 is 29.3 Å². The summed E-state index contributed by atoms with van der Waals surface area (Å²) in [5, 5.41) is 13.4. The van der Waals surface area contributed by atoms with Crippen molar-refractivity contribution in [2.24, 2.45) is 0 Å². The monoisotopic (exact) mass is 525 g/mol. The van der Waals surface area contributed by atoms with Crippen molar-refractivity contribution in [2.45, 2.75) is 24.0 Å². The zero-order valence-corrected chi connectivity index (χ0v) is 21.5. The number of halogens is 1. The summed E-state index contributed by atoms with van der Waals surface area (Å²) in [4.78, 5) is 16.5. The fraction of sp³-hybridized carbons (Fsp3) is 0.103. The predicted molar refractivity (Wildman–Crippen MR) is 147 cm³/mol. The summed E-state index contributed by atoms with van der Waals surface area (Å²) in [5.41, 5.74) is 4.72. The van der Waals surface area contributed by atoms with Crippen molar-refractivity contribution in [1.29, 1.82) is 0 Å². The first-order chi connectivity index (χ1) is 18.2. The molecule has 184 valence electrons. The summed E-state index contributed by atoms with van der Waals surface area (Å²) < 4.78 is 2.10. The smallest absolute Gasteiger partial charge is 0.251 e. The Morgan fingerprint density at radius 2 is 1.54 bits per heavy atom. The molecule has 0 aliphatic heterocycles. The highest BCUT2D eigenvalue weighted by Crippen LogP contribution is 2.31. The van der Waals surface area contributed by atoms with E-state index in [-0.39, 0.29) is 5.91 Å². The highest BCUT2D eigenvalue weighted by Gasteiger charge is 2.17. The van der Waals surface area contributed by atoms with E-state index in [0.717, 1.165) is 33.2 Å². The van der Waals surface area contributed by atoms with Gasteiger partial charge in [-0.1, -0.05) is 78.0 Å². The van der Waals surface area contributed by atoms with E-state index in [0.29, 0.717) is 29.4 Å². The first-order valence-corrected chi connectivity index (χ1v) is 13.1. The fourth-order valence-electron chi connectivity index (χ4n) is 3.83. The van der Waals surface area contributed by atoms with Crippen LogP contribution in [0.15, 0.2) is 109 Å². The number of benzene rings is 3. The second kappa shape index (κ2) is 11.9. The molecule has 0 atom stereocenters. The number of hydrogen-bond donors (Lipinski definition) is 1. The largest absolute Gasteiger partial charge is 0.348 e. The van der Waals surface area contributed by atoms with Crippen LogP contribution in [-0.4, -0.2) is 25.7 Å². The normalized spacial score (nSPS) is 10.8. The summed E-state index contributed by atoms with van der Waals surface area (Å²) in [7, 11) is 0. The maximum atomic E-state index is 12.5. The van der Waals surface area contributed by atoms with Gasteiger partial charge in [-0.05, 0) is 53.1 Å². The molecule has 1 N–H and O–H groups in total. The van der Waals surface area contributed by atoms with Crippen molar-refractivity contribution in [3.05, 3.63) is 131 Å². The van der Waals surface area contributed by atoms with Crippen LogP contribution in [0.25, 0.3) is 11.4 Å². The third-order valence-corrected chi connectivity index (χ3v) is 7.17. The van der Waals surface area contributed by atoms with Gasteiger partial charge in [0.2, 0.25) is 0 Å². The van der Waals surface area contributed by atoms with Gasteiger partial charge in [-0.25, -0.2) is 0 Å². The number of carbonyl (C=O) groups excluding carboxylic acids is 1. The average Bonchev–Trinajstić information content (AvgIpc) is 3.34. The molecular weight excluding hydrogens is 502 g/mol. The Labute approximate surface area is 224 Å². The van der Waals surface area contributed by atoms with E-state index in [2.05, 4.69) is 37.2 Å². The number of nitrogens with one attached hydrogen (secondary N) is 1. The molecule has 0 spiro atoms. The lowest BCUT2D eigenvalue weighted by Crippen LogP contribution is -2.22. The Balaban J connectivity index is 1.29. The Morgan fingerprint density at radius 1 is 0.811 bits per heavy atom. The Morgan fingerprint density at radius 3 is 2.30 bits per heavy atom. The van der Waals surface area contributed by atoms with E-state index in [1.807, 2.05) is 78.9 Å². The van der Waals surface area contributed by atoms with Crippen LogP contribution in [0.2, 0.25) is 5.02 Å². The molecule has 5 aromatic rings. The maximum absolute atomic E-state index is 12.5. The van der Waals surface area contributed by atoms with Crippen LogP contribution in [0, 0.1) is 0 Å². The molecule has 8 heteroatoms. The zero-order chi connectivity index (χ0) is 25.5. The topological polar surface area (TPSA) is 72.7 Å². The summed E-state index contributed by atoms with van der Waals surface area (Å²) in [6.45, 7) is 1.09. The third-order valence-electron chi connectivity index (χ3n) is 5.80. The average molecular weight is 526 g/mol. The van der Waals surface area contributed by atoms with Gasteiger partial charge in [0.15, 0.2) is 11.0 Å². The van der Waals surface area contributed by atoms with Crippen molar-refractivity contribution in [1.82, 2.24) is 25.1 Å². The third kappa shape index (κ3) is 6.25. The molecule has 0 aliphatic carbocycles. The SMILES string of the molecule is O=C(NCc1ccncc1)c1ccc(CSc2nnc(-c3ccccc3Cl)n2Cc2ccccc2)cc1. The first-order valence-electron chi connectivity index (χ1n) is 11.8. The summed E-state index contributed by atoms with van der Waals surface area (Å²) in [5.74, 6) is 1.31. The Kier molecular flexibility index (Phi) is 7.93. The molecule has 2 aromatic heterocycles. The minimum Gasteiger partial charge on any atom is -0.348 e. The molecule has 5 rings (SSSR count). The van der Waals surface area contributed by atoms with Gasteiger partial charge in [0, 0.05) is 35.8 Å². The number of rotatable bonds is 9. The molecule has 2 heterocycles. The number of aromatic nitrogens is 4. The maximum Gasteiger partial charge on any atom is 0.251 e. The highest BCUT2D eigenvalue weighted by molar-refractivity contribution is 7.98. The standard InChI is InChI=1S/C29H24ClN5OS/c30-26-9-5-4-8-25(26)27-33-34-29(35(27)19-22-6-2-1-3-7-22)37-20-23-10-12-24(13-11-23)28(36)32-18-21-14-16-31-17-15-21/h1-17H,18-20H2,(H,32,36). The van der Waals surface area contributed by atoms with Crippen molar-refractivity contribution in [3.8, 4) is 11.4 Å². The lowest BCUT2D eigenvalue weighted by molar-refractivity contribution is 0.0951. The predicted octanol–water partition coefficient (Wildman–Crippen LogP) is 6.26. The molecule has 3 aromatic carbocycles. The number of amides is 1. The quantitative estimate of drug-likeness (QED) is 0.230. The van der Waals surface area contributed by atoms with Gasteiger partial charge in [-0.3, -0.25) is 14.3 Å². The molecule has 0 saturated heterocycles. The van der Waals surface area contributed by atoms with E-state index < -0.39 is 0 Å². The second-order valence-electron chi connectivity index (χ2n) is 8.38. The van der Waals surface area contributed by atoms with Crippen LogP contribution in [0.1, 0.15) is 27.0 Å². The molecule has 0 fully saturated rings. The van der Waals surface area contributed by atoms with Gasteiger partial charge < -0.3 is 5.32 Å². The molecule has 6 nitrogen and oxygen atoms in total. The number of thioether (sulfide) groups is 1. The van der Waals surface area contributed by atoms with Crippen LogP contribution >= 0.6 is 23.4 Å². The van der Waals surface area contributed by atoms with Gasteiger partial charge in [0.1, 0.15) is 0 Å². The number of pyridine rings is 1. The molecule has 37 heavy (non-hydrogen) atoms. The van der Waals surface area contributed by atoms with Crippen LogP contribution in [0.5, 0.6) is 0 Å². The number of nitrogens with zero attached hydrogens (tertiary/aromatic N) is 4. The minimum absolute atomic E-state index is 0.108.